The fourth-order valence-corrected chi connectivity index (χ4v) is 1.67. The second-order valence-corrected chi connectivity index (χ2v) is 4.06. The summed E-state index contributed by atoms with van der Waals surface area (Å²) in [6.45, 7) is 0. The molecular weight excluding hydrogens is 258 g/mol. The van der Waals surface area contributed by atoms with Gasteiger partial charge in [-0.05, 0) is 24.1 Å². The van der Waals surface area contributed by atoms with Crippen LogP contribution in [0.25, 0.3) is 0 Å². The number of halogens is 1. The lowest BCUT2D eigenvalue weighted by molar-refractivity contribution is -0.142. The van der Waals surface area contributed by atoms with Crippen LogP contribution >= 0.6 is 11.6 Å². The monoisotopic (exact) mass is 271 g/mol. The minimum atomic E-state index is -0.834. The summed E-state index contributed by atoms with van der Waals surface area (Å²) in [5, 5.41) is 0.408. The van der Waals surface area contributed by atoms with E-state index >= 15 is 0 Å². The lowest BCUT2D eigenvalue weighted by Crippen LogP contribution is -2.34. The second-order valence-electron chi connectivity index (χ2n) is 3.63. The lowest BCUT2D eigenvalue weighted by Gasteiger charge is -2.12. The minimum Gasteiger partial charge on any atom is -0.468 e. The first-order valence-electron chi connectivity index (χ1n) is 5.19. The number of benzene rings is 1. The van der Waals surface area contributed by atoms with Gasteiger partial charge in [0.05, 0.1) is 19.8 Å². The predicted octanol–water partition coefficient (Wildman–Crippen LogP) is 1.17. The van der Waals surface area contributed by atoms with E-state index in [9.17, 15) is 9.59 Å². The zero-order valence-electron chi connectivity index (χ0n) is 10.1. The average molecular weight is 272 g/mol. The summed E-state index contributed by atoms with van der Waals surface area (Å²) < 4.78 is 9.17. The summed E-state index contributed by atoms with van der Waals surface area (Å²) in [5.41, 5.74) is 6.53. The Morgan fingerprint density at radius 2 is 2.00 bits per heavy atom. The number of hydrogen-bond acceptors (Lipinski definition) is 5. The quantitative estimate of drug-likeness (QED) is 0.832. The van der Waals surface area contributed by atoms with Crippen LogP contribution in [-0.4, -0.2) is 32.2 Å². The van der Waals surface area contributed by atoms with E-state index in [1.165, 1.54) is 20.3 Å². The summed E-state index contributed by atoms with van der Waals surface area (Å²) in [6.07, 6.45) is 0.175. The fourth-order valence-electron chi connectivity index (χ4n) is 1.50. The number of hydrogen-bond donors (Lipinski definition) is 1. The van der Waals surface area contributed by atoms with E-state index < -0.39 is 18.0 Å². The lowest BCUT2D eigenvalue weighted by atomic mass is 10.0. The molecule has 1 rings (SSSR count). The number of esters is 2. The number of carbonyl (C=O) groups excluding carboxylic acids is 2. The molecule has 5 nitrogen and oxygen atoms in total. The normalized spacial score (nSPS) is 11.8. The first-order chi connectivity index (χ1) is 8.49. The third-order valence-electron chi connectivity index (χ3n) is 2.42. The Morgan fingerprint density at radius 1 is 1.33 bits per heavy atom. The van der Waals surface area contributed by atoms with E-state index in [0.29, 0.717) is 16.1 Å². The van der Waals surface area contributed by atoms with Crippen molar-refractivity contribution in [2.75, 3.05) is 14.2 Å². The molecule has 0 aliphatic carbocycles. The van der Waals surface area contributed by atoms with Crippen molar-refractivity contribution in [2.24, 2.45) is 5.73 Å². The molecule has 1 aromatic carbocycles. The van der Waals surface area contributed by atoms with E-state index in [-0.39, 0.29) is 6.42 Å². The molecule has 18 heavy (non-hydrogen) atoms. The molecule has 98 valence electrons. The number of ether oxygens (including phenoxy) is 2. The van der Waals surface area contributed by atoms with Gasteiger partial charge in [0, 0.05) is 5.02 Å². The highest BCUT2D eigenvalue weighted by Gasteiger charge is 2.19. The van der Waals surface area contributed by atoms with Crippen molar-refractivity contribution in [3.05, 3.63) is 34.3 Å². The van der Waals surface area contributed by atoms with Gasteiger partial charge in [-0.25, -0.2) is 4.79 Å². The van der Waals surface area contributed by atoms with Gasteiger partial charge in [0.25, 0.3) is 0 Å². The van der Waals surface area contributed by atoms with Crippen LogP contribution in [0.5, 0.6) is 0 Å². The fraction of sp³-hybridized carbons (Fsp3) is 0.333. The van der Waals surface area contributed by atoms with Crippen molar-refractivity contribution in [3.63, 3.8) is 0 Å². The minimum absolute atomic E-state index is 0.175. The molecule has 0 aliphatic heterocycles. The number of rotatable bonds is 4. The van der Waals surface area contributed by atoms with E-state index in [1.54, 1.807) is 12.1 Å². The van der Waals surface area contributed by atoms with Crippen LogP contribution in [0.1, 0.15) is 15.9 Å². The SMILES string of the molecule is COC(=O)c1cc(Cl)ccc1C[C@@H](N)C(=O)OC. The standard InChI is InChI=1S/C12H14ClNO4/c1-17-11(15)9-6-8(13)4-3-7(9)5-10(14)12(16)18-2/h3-4,6,10H,5,14H2,1-2H3/t10-/m1/s1. The molecule has 0 unspecified atom stereocenters. The van der Waals surface area contributed by atoms with Gasteiger partial charge in [-0.15, -0.1) is 0 Å². The Hall–Kier alpha value is -1.59. The molecule has 0 heterocycles. The van der Waals surface area contributed by atoms with Crippen LogP contribution in [0.15, 0.2) is 18.2 Å². The summed E-state index contributed by atoms with van der Waals surface area (Å²) >= 11 is 5.81. The van der Waals surface area contributed by atoms with Gasteiger partial charge in [-0.2, -0.15) is 0 Å². The van der Waals surface area contributed by atoms with Gasteiger partial charge in [0.15, 0.2) is 0 Å². The van der Waals surface area contributed by atoms with Crippen molar-refractivity contribution in [1.82, 2.24) is 0 Å². The molecule has 0 amide bonds. The van der Waals surface area contributed by atoms with Crippen molar-refractivity contribution in [2.45, 2.75) is 12.5 Å². The van der Waals surface area contributed by atoms with Crippen molar-refractivity contribution >= 4 is 23.5 Å². The van der Waals surface area contributed by atoms with Gasteiger partial charge in [0.2, 0.25) is 0 Å². The maximum absolute atomic E-state index is 11.6. The highest BCUT2D eigenvalue weighted by molar-refractivity contribution is 6.31. The molecular formula is C12H14ClNO4. The Morgan fingerprint density at radius 3 is 2.56 bits per heavy atom. The van der Waals surface area contributed by atoms with Crippen LogP contribution in [0.4, 0.5) is 0 Å². The largest absolute Gasteiger partial charge is 0.468 e. The van der Waals surface area contributed by atoms with Crippen LogP contribution in [0.3, 0.4) is 0 Å². The molecule has 0 spiro atoms. The molecule has 1 atom stereocenters. The summed E-state index contributed by atoms with van der Waals surface area (Å²) in [7, 11) is 2.53. The molecule has 6 heteroatoms. The predicted molar refractivity (Wildman–Crippen MR) is 66.5 cm³/mol. The maximum Gasteiger partial charge on any atom is 0.338 e. The Kier molecular flexibility index (Phi) is 5.12. The maximum atomic E-state index is 11.6. The van der Waals surface area contributed by atoms with E-state index in [2.05, 4.69) is 9.47 Å². The Balaban J connectivity index is 3.01. The van der Waals surface area contributed by atoms with Crippen LogP contribution in [0, 0.1) is 0 Å². The molecule has 2 N–H and O–H groups in total. The molecule has 0 saturated heterocycles. The molecule has 0 saturated carbocycles. The van der Waals surface area contributed by atoms with Gasteiger partial charge >= 0.3 is 11.9 Å². The molecule has 0 radical (unpaired) electrons. The van der Waals surface area contributed by atoms with Crippen LogP contribution < -0.4 is 5.73 Å². The van der Waals surface area contributed by atoms with Gasteiger partial charge in [0.1, 0.15) is 6.04 Å². The number of carbonyl (C=O) groups is 2. The summed E-state index contributed by atoms with van der Waals surface area (Å²) in [6, 6.07) is 3.90. The molecule has 0 bridgehead atoms. The second kappa shape index (κ2) is 6.37. The number of nitrogens with two attached hydrogens (primary N) is 1. The molecule has 0 aromatic heterocycles. The van der Waals surface area contributed by atoms with Crippen molar-refractivity contribution < 1.29 is 19.1 Å². The van der Waals surface area contributed by atoms with E-state index in [4.69, 9.17) is 17.3 Å². The smallest absolute Gasteiger partial charge is 0.338 e. The molecule has 0 fully saturated rings. The Bertz CT molecular complexity index is 461. The van der Waals surface area contributed by atoms with Crippen molar-refractivity contribution in [3.8, 4) is 0 Å². The average Bonchev–Trinajstić information content (AvgIpc) is 2.38. The van der Waals surface area contributed by atoms with Crippen molar-refractivity contribution in [1.29, 1.82) is 0 Å². The van der Waals surface area contributed by atoms with E-state index in [1.807, 2.05) is 0 Å². The first kappa shape index (κ1) is 14.5. The van der Waals surface area contributed by atoms with Crippen LogP contribution in [0.2, 0.25) is 5.02 Å². The van der Waals surface area contributed by atoms with Gasteiger partial charge in [-0.1, -0.05) is 17.7 Å². The third-order valence-corrected chi connectivity index (χ3v) is 2.66. The molecule has 0 aliphatic rings. The zero-order valence-corrected chi connectivity index (χ0v) is 10.9. The topological polar surface area (TPSA) is 78.6 Å². The highest BCUT2D eigenvalue weighted by Crippen LogP contribution is 2.18. The Labute approximate surface area is 110 Å². The van der Waals surface area contributed by atoms with Crippen LogP contribution in [-0.2, 0) is 20.7 Å². The summed E-state index contributed by atoms with van der Waals surface area (Å²) in [5.74, 6) is -1.06. The summed E-state index contributed by atoms with van der Waals surface area (Å²) in [4.78, 5) is 22.8. The molecule has 1 aromatic rings. The zero-order chi connectivity index (χ0) is 13.7. The number of methoxy groups -OCH3 is 2. The first-order valence-corrected chi connectivity index (χ1v) is 5.57. The van der Waals surface area contributed by atoms with Gasteiger partial charge in [-0.3, -0.25) is 4.79 Å². The van der Waals surface area contributed by atoms with E-state index in [0.717, 1.165) is 0 Å². The van der Waals surface area contributed by atoms with Gasteiger partial charge < -0.3 is 15.2 Å². The highest BCUT2D eigenvalue weighted by atomic mass is 35.5. The third kappa shape index (κ3) is 3.45.